The summed E-state index contributed by atoms with van der Waals surface area (Å²) in [6.07, 6.45) is 2.90. The summed E-state index contributed by atoms with van der Waals surface area (Å²) in [5.41, 5.74) is 2.37. The summed E-state index contributed by atoms with van der Waals surface area (Å²) in [7, 11) is 3.89. The number of benzene rings is 1. The first-order valence-corrected chi connectivity index (χ1v) is 9.43. The molecule has 0 radical (unpaired) electrons. The Hall–Kier alpha value is -3.42. The normalized spacial score (nSPS) is 13.8. The van der Waals surface area contributed by atoms with Crippen LogP contribution < -0.4 is 10.2 Å². The molecule has 0 aliphatic carbocycles. The van der Waals surface area contributed by atoms with Crippen molar-refractivity contribution < 1.29 is 14.4 Å². The Labute approximate surface area is 170 Å². The first kappa shape index (κ1) is 20.3. The molecule has 1 aromatic carbocycles. The van der Waals surface area contributed by atoms with Gasteiger partial charge in [0.25, 0.3) is 11.8 Å². The molecule has 29 heavy (non-hydrogen) atoms. The van der Waals surface area contributed by atoms with Crippen molar-refractivity contribution in [1.29, 1.82) is 0 Å². The van der Waals surface area contributed by atoms with Gasteiger partial charge in [0.05, 0.1) is 11.1 Å². The molecule has 1 N–H and O–H groups in total. The van der Waals surface area contributed by atoms with Crippen LogP contribution in [0.5, 0.6) is 0 Å². The van der Waals surface area contributed by atoms with E-state index in [-0.39, 0.29) is 17.7 Å². The van der Waals surface area contributed by atoms with E-state index in [1.807, 2.05) is 43.3 Å². The summed E-state index contributed by atoms with van der Waals surface area (Å²) in [4.78, 5) is 46.2. The Morgan fingerprint density at radius 2 is 1.52 bits per heavy atom. The third-order valence-corrected chi connectivity index (χ3v) is 4.90. The molecule has 1 aromatic heterocycles. The number of piperazine rings is 1. The van der Waals surface area contributed by atoms with Crippen LogP contribution in [-0.4, -0.2) is 72.8 Å². The van der Waals surface area contributed by atoms with Gasteiger partial charge in [0, 0.05) is 71.0 Å². The van der Waals surface area contributed by atoms with Crippen molar-refractivity contribution >= 4 is 29.1 Å². The lowest BCUT2D eigenvalue weighted by Gasteiger charge is -2.34. The predicted octanol–water partition coefficient (Wildman–Crippen LogP) is 1.70. The maximum Gasteiger partial charge on any atom is 0.257 e. The maximum atomic E-state index is 12.8. The number of rotatable bonds is 4. The minimum atomic E-state index is -0.328. The molecular weight excluding hydrogens is 370 g/mol. The van der Waals surface area contributed by atoms with Gasteiger partial charge in [-0.2, -0.15) is 0 Å². The molecular formula is C21H25N5O3. The zero-order chi connectivity index (χ0) is 21.0. The van der Waals surface area contributed by atoms with Crippen LogP contribution >= 0.6 is 0 Å². The smallest absolute Gasteiger partial charge is 0.257 e. The molecule has 0 spiro atoms. The number of hydrogen-bond acceptors (Lipinski definition) is 5. The summed E-state index contributed by atoms with van der Waals surface area (Å²) in [6.45, 7) is 3.48. The highest BCUT2D eigenvalue weighted by molar-refractivity contribution is 6.05. The second-order valence-corrected chi connectivity index (χ2v) is 7.16. The van der Waals surface area contributed by atoms with Crippen molar-refractivity contribution in [1.82, 2.24) is 14.8 Å². The van der Waals surface area contributed by atoms with Crippen LogP contribution in [0.2, 0.25) is 0 Å². The predicted molar refractivity (Wildman–Crippen MR) is 111 cm³/mol. The second kappa shape index (κ2) is 8.72. The molecule has 2 aromatic rings. The van der Waals surface area contributed by atoms with E-state index < -0.39 is 0 Å². The van der Waals surface area contributed by atoms with E-state index in [2.05, 4.69) is 10.3 Å². The summed E-state index contributed by atoms with van der Waals surface area (Å²) in [5.74, 6) is -0.507. The number of carbonyl (C=O) groups excluding carboxylic acids is 3. The lowest BCUT2D eigenvalue weighted by molar-refractivity contribution is -0.130. The Morgan fingerprint density at radius 3 is 2.10 bits per heavy atom. The van der Waals surface area contributed by atoms with Crippen LogP contribution in [0, 0.1) is 0 Å². The number of hydrogen-bond donors (Lipinski definition) is 1. The zero-order valence-corrected chi connectivity index (χ0v) is 16.9. The molecule has 3 rings (SSSR count). The quantitative estimate of drug-likeness (QED) is 0.852. The number of anilines is 2. The average molecular weight is 395 g/mol. The number of carbonyl (C=O) groups is 3. The molecule has 1 saturated heterocycles. The van der Waals surface area contributed by atoms with E-state index in [0.717, 1.165) is 5.69 Å². The van der Waals surface area contributed by atoms with Crippen LogP contribution in [0.15, 0.2) is 42.7 Å². The molecule has 0 atom stereocenters. The Bertz CT molecular complexity index is 903. The van der Waals surface area contributed by atoms with Crippen LogP contribution in [0.25, 0.3) is 0 Å². The van der Waals surface area contributed by atoms with E-state index in [1.54, 1.807) is 15.9 Å². The number of amides is 3. The second-order valence-electron chi connectivity index (χ2n) is 7.16. The molecule has 3 amide bonds. The van der Waals surface area contributed by atoms with Crippen LogP contribution in [0.4, 0.5) is 11.4 Å². The Morgan fingerprint density at radius 1 is 0.931 bits per heavy atom. The number of aromatic nitrogens is 1. The van der Waals surface area contributed by atoms with Crippen LogP contribution in [0.3, 0.4) is 0 Å². The Balaban J connectivity index is 1.66. The van der Waals surface area contributed by atoms with Gasteiger partial charge in [-0.05, 0) is 30.3 Å². The van der Waals surface area contributed by atoms with E-state index in [0.29, 0.717) is 43.0 Å². The summed E-state index contributed by atoms with van der Waals surface area (Å²) in [5, 5.41) is 2.82. The molecule has 1 aliphatic heterocycles. The van der Waals surface area contributed by atoms with Gasteiger partial charge < -0.3 is 20.0 Å². The molecule has 152 valence electrons. The van der Waals surface area contributed by atoms with Gasteiger partial charge in [0.1, 0.15) is 0 Å². The first-order valence-electron chi connectivity index (χ1n) is 9.43. The van der Waals surface area contributed by atoms with E-state index in [9.17, 15) is 14.4 Å². The standard InChI is InChI=1S/C21H25N5O3/c1-15(27)25-8-10-26(11-9-25)21(29)17-12-16(13-22-14-17)20(28)23-18-4-6-19(7-5-18)24(2)3/h4-7,12-14H,8-11H2,1-3H3,(H,23,28). The van der Waals surface area contributed by atoms with Gasteiger partial charge >= 0.3 is 0 Å². The van der Waals surface area contributed by atoms with Gasteiger partial charge in [-0.1, -0.05) is 0 Å². The third kappa shape index (κ3) is 4.90. The Kier molecular flexibility index (Phi) is 6.11. The largest absolute Gasteiger partial charge is 0.378 e. The van der Waals surface area contributed by atoms with Crippen LogP contribution in [-0.2, 0) is 4.79 Å². The van der Waals surface area contributed by atoms with E-state index >= 15 is 0 Å². The van der Waals surface area contributed by atoms with Crippen molar-refractivity contribution in [2.24, 2.45) is 0 Å². The molecule has 1 aliphatic rings. The third-order valence-electron chi connectivity index (χ3n) is 4.90. The minimum Gasteiger partial charge on any atom is -0.378 e. The van der Waals surface area contributed by atoms with Crippen molar-refractivity contribution in [3.8, 4) is 0 Å². The van der Waals surface area contributed by atoms with Gasteiger partial charge in [-0.3, -0.25) is 19.4 Å². The highest BCUT2D eigenvalue weighted by Crippen LogP contribution is 2.17. The summed E-state index contributed by atoms with van der Waals surface area (Å²) < 4.78 is 0. The fourth-order valence-electron chi connectivity index (χ4n) is 3.13. The maximum absolute atomic E-state index is 12.8. The zero-order valence-electron chi connectivity index (χ0n) is 16.9. The molecule has 8 nitrogen and oxygen atoms in total. The molecule has 0 saturated carbocycles. The topological polar surface area (TPSA) is 85.9 Å². The first-order chi connectivity index (χ1) is 13.8. The minimum absolute atomic E-state index is 0.0102. The van der Waals surface area contributed by atoms with Gasteiger partial charge in [-0.25, -0.2) is 0 Å². The van der Waals surface area contributed by atoms with Crippen molar-refractivity contribution in [2.45, 2.75) is 6.92 Å². The molecule has 2 heterocycles. The van der Waals surface area contributed by atoms with Gasteiger partial charge in [0.2, 0.25) is 5.91 Å². The molecule has 0 bridgehead atoms. The highest BCUT2D eigenvalue weighted by atomic mass is 16.2. The molecule has 0 unspecified atom stereocenters. The van der Waals surface area contributed by atoms with Crippen molar-refractivity contribution in [3.05, 3.63) is 53.9 Å². The molecule has 1 fully saturated rings. The van der Waals surface area contributed by atoms with Gasteiger partial charge in [-0.15, -0.1) is 0 Å². The average Bonchev–Trinajstić information content (AvgIpc) is 2.73. The van der Waals surface area contributed by atoms with Crippen molar-refractivity contribution in [2.75, 3.05) is 50.5 Å². The number of nitrogens with zero attached hydrogens (tertiary/aromatic N) is 4. The van der Waals surface area contributed by atoms with E-state index in [4.69, 9.17) is 0 Å². The lowest BCUT2D eigenvalue weighted by Crippen LogP contribution is -2.50. The van der Waals surface area contributed by atoms with E-state index in [1.165, 1.54) is 19.3 Å². The highest BCUT2D eigenvalue weighted by Gasteiger charge is 2.24. The fraction of sp³-hybridized carbons (Fsp3) is 0.333. The lowest BCUT2D eigenvalue weighted by atomic mass is 10.1. The monoisotopic (exact) mass is 395 g/mol. The number of pyridine rings is 1. The molecule has 8 heteroatoms. The van der Waals surface area contributed by atoms with Crippen molar-refractivity contribution in [3.63, 3.8) is 0 Å². The SMILES string of the molecule is CC(=O)N1CCN(C(=O)c2cncc(C(=O)Nc3ccc(N(C)C)cc3)c2)CC1. The van der Waals surface area contributed by atoms with Crippen LogP contribution in [0.1, 0.15) is 27.6 Å². The van der Waals surface area contributed by atoms with Gasteiger partial charge in [0.15, 0.2) is 0 Å². The number of nitrogens with one attached hydrogen (secondary N) is 1. The summed E-state index contributed by atoms with van der Waals surface area (Å²) in [6, 6.07) is 9.02. The summed E-state index contributed by atoms with van der Waals surface area (Å²) >= 11 is 0. The fourth-order valence-corrected chi connectivity index (χ4v) is 3.13.